The lowest BCUT2D eigenvalue weighted by Crippen LogP contribution is -2.32. The second kappa shape index (κ2) is 8.49. The van der Waals surface area contributed by atoms with Crippen molar-refractivity contribution in [1.82, 2.24) is 14.9 Å². The summed E-state index contributed by atoms with van der Waals surface area (Å²) in [6.07, 6.45) is 4.38. The third-order valence-electron chi connectivity index (χ3n) is 5.48. The van der Waals surface area contributed by atoms with Gasteiger partial charge < -0.3 is 10.6 Å². The molecule has 2 amide bonds. The molecule has 0 spiro atoms. The van der Waals surface area contributed by atoms with Crippen LogP contribution in [0, 0.1) is 6.92 Å². The normalized spacial score (nSPS) is 14.0. The molecule has 0 aliphatic heterocycles. The van der Waals surface area contributed by atoms with Crippen LogP contribution in [0.25, 0.3) is 10.9 Å². The lowest BCUT2D eigenvalue weighted by molar-refractivity contribution is -0.116. The van der Waals surface area contributed by atoms with Crippen molar-refractivity contribution in [2.24, 2.45) is 0 Å². The van der Waals surface area contributed by atoms with E-state index in [0.29, 0.717) is 28.0 Å². The van der Waals surface area contributed by atoms with E-state index in [-0.39, 0.29) is 30.0 Å². The van der Waals surface area contributed by atoms with E-state index in [0.717, 1.165) is 25.7 Å². The van der Waals surface area contributed by atoms with Crippen LogP contribution in [-0.4, -0.2) is 27.4 Å². The number of carbonyl (C=O) groups excluding carboxylic acids is 2. The molecule has 0 unspecified atom stereocenters. The van der Waals surface area contributed by atoms with Gasteiger partial charge in [-0.05, 0) is 56.2 Å². The number of rotatable bonds is 5. The zero-order valence-electron chi connectivity index (χ0n) is 16.9. The first-order valence-electron chi connectivity index (χ1n) is 10.2. The molecule has 4 rings (SSSR count). The lowest BCUT2D eigenvalue weighted by atomic mass is 10.1. The highest BCUT2D eigenvalue weighted by Crippen LogP contribution is 2.18. The molecule has 0 radical (unpaired) electrons. The first-order valence-corrected chi connectivity index (χ1v) is 10.2. The Balaban J connectivity index is 1.42. The van der Waals surface area contributed by atoms with E-state index in [1.165, 1.54) is 4.57 Å². The highest BCUT2D eigenvalue weighted by Gasteiger charge is 2.18. The summed E-state index contributed by atoms with van der Waals surface area (Å²) in [5.41, 5.74) is 1.50. The Hall–Kier alpha value is -3.48. The van der Waals surface area contributed by atoms with Crippen LogP contribution in [0.2, 0.25) is 0 Å². The molecule has 1 heterocycles. The van der Waals surface area contributed by atoms with E-state index in [4.69, 9.17) is 0 Å². The van der Waals surface area contributed by atoms with Crippen molar-refractivity contribution >= 4 is 28.4 Å². The number of carbonyl (C=O) groups is 2. The SMILES string of the molecule is Cc1nc2ccccc2c(=O)n1CC(=O)Nc1ccc(C(=O)NC2CCCC2)cc1. The van der Waals surface area contributed by atoms with E-state index in [1.54, 1.807) is 49.4 Å². The maximum absolute atomic E-state index is 12.7. The summed E-state index contributed by atoms with van der Waals surface area (Å²) in [5, 5.41) is 6.30. The van der Waals surface area contributed by atoms with Crippen LogP contribution in [0.1, 0.15) is 41.9 Å². The number of hydrogen-bond acceptors (Lipinski definition) is 4. The molecule has 2 N–H and O–H groups in total. The van der Waals surface area contributed by atoms with Crippen molar-refractivity contribution in [2.45, 2.75) is 45.2 Å². The van der Waals surface area contributed by atoms with Crippen molar-refractivity contribution in [3.05, 3.63) is 70.3 Å². The van der Waals surface area contributed by atoms with Crippen molar-refractivity contribution < 1.29 is 9.59 Å². The Bertz CT molecular complexity index is 1150. The summed E-state index contributed by atoms with van der Waals surface area (Å²) < 4.78 is 1.36. The molecule has 1 fully saturated rings. The molecule has 0 atom stereocenters. The van der Waals surface area contributed by atoms with Gasteiger partial charge in [-0.1, -0.05) is 25.0 Å². The second-order valence-electron chi connectivity index (χ2n) is 7.65. The predicted molar refractivity (Wildman–Crippen MR) is 116 cm³/mol. The van der Waals surface area contributed by atoms with E-state index in [9.17, 15) is 14.4 Å². The predicted octanol–water partition coefficient (Wildman–Crippen LogP) is 3.02. The molecule has 1 saturated carbocycles. The fourth-order valence-electron chi connectivity index (χ4n) is 3.85. The van der Waals surface area contributed by atoms with Gasteiger partial charge in [0.2, 0.25) is 5.91 Å². The number of hydrogen-bond donors (Lipinski definition) is 2. The Morgan fingerprint density at radius 2 is 1.77 bits per heavy atom. The number of aryl methyl sites for hydroxylation is 1. The van der Waals surface area contributed by atoms with Crippen LogP contribution >= 0.6 is 0 Å². The maximum atomic E-state index is 12.7. The van der Waals surface area contributed by atoms with Crippen molar-refractivity contribution in [3.63, 3.8) is 0 Å². The van der Waals surface area contributed by atoms with E-state index >= 15 is 0 Å². The summed E-state index contributed by atoms with van der Waals surface area (Å²) in [6, 6.07) is 14.1. The number of para-hydroxylation sites is 1. The Kier molecular flexibility index (Phi) is 5.61. The molecular formula is C23H24N4O3. The summed E-state index contributed by atoms with van der Waals surface area (Å²) >= 11 is 0. The molecule has 30 heavy (non-hydrogen) atoms. The van der Waals surface area contributed by atoms with Crippen molar-refractivity contribution in [1.29, 1.82) is 0 Å². The average Bonchev–Trinajstić information content (AvgIpc) is 3.24. The monoisotopic (exact) mass is 404 g/mol. The number of anilines is 1. The number of aromatic nitrogens is 2. The van der Waals surface area contributed by atoms with Crippen molar-refractivity contribution in [3.8, 4) is 0 Å². The molecule has 3 aromatic rings. The van der Waals surface area contributed by atoms with E-state index in [2.05, 4.69) is 15.6 Å². The van der Waals surface area contributed by atoms with Crippen molar-refractivity contribution in [2.75, 3.05) is 5.32 Å². The fourth-order valence-corrected chi connectivity index (χ4v) is 3.85. The van der Waals surface area contributed by atoms with Gasteiger partial charge in [-0.2, -0.15) is 0 Å². The van der Waals surface area contributed by atoms with Gasteiger partial charge in [-0.15, -0.1) is 0 Å². The van der Waals surface area contributed by atoms with Gasteiger partial charge >= 0.3 is 0 Å². The average molecular weight is 404 g/mol. The minimum atomic E-state index is -0.333. The number of nitrogens with zero attached hydrogens (tertiary/aromatic N) is 2. The Morgan fingerprint density at radius 3 is 2.50 bits per heavy atom. The first-order chi connectivity index (χ1) is 14.5. The summed E-state index contributed by atoms with van der Waals surface area (Å²) in [5.74, 6) is 0.0532. The quantitative estimate of drug-likeness (QED) is 0.684. The summed E-state index contributed by atoms with van der Waals surface area (Å²) in [4.78, 5) is 41.9. The standard InChI is InChI=1S/C23H24N4O3/c1-15-24-20-9-5-4-8-19(20)23(30)27(15)14-21(28)25-18-12-10-16(11-13-18)22(29)26-17-6-2-3-7-17/h4-5,8-13,17H,2-3,6-7,14H2,1H3,(H,25,28)(H,26,29). The van der Waals surface area contributed by atoms with Gasteiger partial charge in [0.15, 0.2) is 0 Å². The number of nitrogens with one attached hydrogen (secondary N) is 2. The zero-order chi connectivity index (χ0) is 21.1. The second-order valence-corrected chi connectivity index (χ2v) is 7.65. The fraction of sp³-hybridized carbons (Fsp3) is 0.304. The molecular weight excluding hydrogens is 380 g/mol. The van der Waals surface area contributed by atoms with Gasteiger partial charge in [-0.25, -0.2) is 4.98 Å². The molecule has 154 valence electrons. The molecule has 0 saturated heterocycles. The zero-order valence-corrected chi connectivity index (χ0v) is 16.9. The van der Waals surface area contributed by atoms with Crippen LogP contribution in [-0.2, 0) is 11.3 Å². The van der Waals surface area contributed by atoms with Gasteiger partial charge in [0.1, 0.15) is 12.4 Å². The summed E-state index contributed by atoms with van der Waals surface area (Å²) in [6.45, 7) is 1.57. The lowest BCUT2D eigenvalue weighted by Gasteiger charge is -2.13. The van der Waals surface area contributed by atoms with Crippen LogP contribution < -0.4 is 16.2 Å². The minimum Gasteiger partial charge on any atom is -0.349 e. The number of amides is 2. The largest absolute Gasteiger partial charge is 0.349 e. The molecule has 1 aromatic heterocycles. The molecule has 7 heteroatoms. The number of fused-ring (bicyclic) bond motifs is 1. The minimum absolute atomic E-state index is 0.0933. The van der Waals surface area contributed by atoms with E-state index < -0.39 is 0 Å². The third-order valence-corrected chi connectivity index (χ3v) is 5.48. The molecule has 1 aliphatic rings. The highest BCUT2D eigenvalue weighted by molar-refractivity contribution is 5.96. The summed E-state index contributed by atoms with van der Waals surface area (Å²) in [7, 11) is 0. The Labute approximate surface area is 174 Å². The first kappa shape index (κ1) is 19.8. The molecule has 1 aliphatic carbocycles. The highest BCUT2D eigenvalue weighted by atomic mass is 16.2. The smallest absolute Gasteiger partial charge is 0.261 e. The van der Waals surface area contributed by atoms with Gasteiger partial charge in [0.05, 0.1) is 10.9 Å². The maximum Gasteiger partial charge on any atom is 0.261 e. The van der Waals surface area contributed by atoms with Gasteiger partial charge in [0.25, 0.3) is 11.5 Å². The Morgan fingerprint density at radius 1 is 1.07 bits per heavy atom. The van der Waals surface area contributed by atoms with Crippen LogP contribution in [0.4, 0.5) is 5.69 Å². The van der Waals surface area contributed by atoms with E-state index in [1.807, 2.05) is 6.07 Å². The number of benzene rings is 2. The molecule has 2 aromatic carbocycles. The third kappa shape index (κ3) is 4.25. The van der Waals surface area contributed by atoms with Crippen LogP contribution in [0.5, 0.6) is 0 Å². The van der Waals surface area contributed by atoms with Crippen LogP contribution in [0.15, 0.2) is 53.3 Å². The van der Waals surface area contributed by atoms with Crippen LogP contribution in [0.3, 0.4) is 0 Å². The molecule has 7 nitrogen and oxygen atoms in total. The molecule has 0 bridgehead atoms. The van der Waals surface area contributed by atoms with Gasteiger partial charge in [0, 0.05) is 17.3 Å². The topological polar surface area (TPSA) is 93.1 Å². The van der Waals surface area contributed by atoms with Gasteiger partial charge in [-0.3, -0.25) is 19.0 Å².